The topological polar surface area (TPSA) is 37.4 Å². The van der Waals surface area contributed by atoms with Gasteiger partial charge in [-0.25, -0.2) is 4.98 Å². The number of nitrogens with zero attached hydrogens (tertiary/aromatic N) is 2. The van der Waals surface area contributed by atoms with Crippen LogP contribution in [-0.2, 0) is 11.3 Å². The van der Waals surface area contributed by atoms with E-state index in [0.29, 0.717) is 0 Å². The number of aromatic nitrogens is 1. The molecule has 0 unspecified atom stereocenters. The molecule has 0 spiro atoms. The van der Waals surface area contributed by atoms with Crippen LogP contribution in [0.4, 0.5) is 5.82 Å². The second-order valence-corrected chi connectivity index (χ2v) is 4.08. The van der Waals surface area contributed by atoms with Crippen LogP contribution in [0.15, 0.2) is 18.3 Å². The fourth-order valence-corrected chi connectivity index (χ4v) is 1.75. The minimum Gasteiger partial charge on any atom is -0.383 e. The zero-order chi connectivity index (χ0) is 12.5. The summed E-state index contributed by atoms with van der Waals surface area (Å²) < 4.78 is 5.01. The molecule has 0 aliphatic carbocycles. The van der Waals surface area contributed by atoms with Crippen LogP contribution in [0.2, 0.25) is 0 Å². The first-order valence-corrected chi connectivity index (χ1v) is 6.14. The number of nitrogens with one attached hydrogen (secondary N) is 1. The Bertz CT molecular complexity index is 317. The molecule has 1 rings (SSSR count). The molecule has 0 aliphatic rings. The van der Waals surface area contributed by atoms with E-state index in [1.165, 1.54) is 5.56 Å². The quantitative estimate of drug-likeness (QED) is 0.698. The first-order chi connectivity index (χ1) is 8.29. The third kappa shape index (κ3) is 4.71. The van der Waals surface area contributed by atoms with Gasteiger partial charge in [-0.1, -0.05) is 13.0 Å². The minimum absolute atomic E-state index is 0.737. The van der Waals surface area contributed by atoms with E-state index in [-0.39, 0.29) is 0 Å². The lowest BCUT2D eigenvalue weighted by Gasteiger charge is -2.20. The molecule has 0 fully saturated rings. The van der Waals surface area contributed by atoms with Crippen LogP contribution >= 0.6 is 0 Å². The van der Waals surface area contributed by atoms with E-state index >= 15 is 0 Å². The lowest BCUT2D eigenvalue weighted by atomic mass is 10.2. The van der Waals surface area contributed by atoms with Crippen LogP contribution in [0.5, 0.6) is 0 Å². The van der Waals surface area contributed by atoms with E-state index in [2.05, 4.69) is 35.2 Å². The van der Waals surface area contributed by atoms with Gasteiger partial charge in [-0.15, -0.1) is 0 Å². The van der Waals surface area contributed by atoms with Gasteiger partial charge in [-0.05, 0) is 12.5 Å². The lowest BCUT2D eigenvalue weighted by Crippen LogP contribution is -2.24. The molecule has 0 radical (unpaired) electrons. The van der Waals surface area contributed by atoms with Gasteiger partial charge < -0.3 is 15.0 Å². The van der Waals surface area contributed by atoms with E-state index < -0.39 is 0 Å². The van der Waals surface area contributed by atoms with E-state index in [1.54, 1.807) is 7.11 Å². The Morgan fingerprint density at radius 2 is 2.29 bits per heavy atom. The first-order valence-electron chi connectivity index (χ1n) is 6.14. The number of hydrogen-bond donors (Lipinski definition) is 1. The summed E-state index contributed by atoms with van der Waals surface area (Å²) in [6, 6.07) is 4.10. The standard InChI is InChI=1S/C13H23N3O/c1-4-9-16(2)13-12(6-5-7-15-13)11-14-8-10-17-3/h5-7,14H,4,8-11H2,1-3H3. The van der Waals surface area contributed by atoms with Crippen molar-refractivity contribution in [2.75, 3.05) is 38.8 Å². The molecule has 0 bridgehead atoms. The second-order valence-electron chi connectivity index (χ2n) is 4.08. The predicted octanol–water partition coefficient (Wildman–Crippen LogP) is 1.66. The Balaban J connectivity index is 2.57. The van der Waals surface area contributed by atoms with Crippen molar-refractivity contribution in [1.82, 2.24) is 10.3 Å². The highest BCUT2D eigenvalue weighted by Gasteiger charge is 2.06. The molecule has 4 nitrogen and oxygen atoms in total. The van der Waals surface area contributed by atoms with Crippen molar-refractivity contribution in [2.45, 2.75) is 19.9 Å². The normalized spacial score (nSPS) is 10.5. The number of anilines is 1. The molecule has 0 atom stereocenters. The summed E-state index contributed by atoms with van der Waals surface area (Å²) >= 11 is 0. The van der Waals surface area contributed by atoms with Crippen molar-refractivity contribution < 1.29 is 4.74 Å². The van der Waals surface area contributed by atoms with Crippen molar-refractivity contribution >= 4 is 5.82 Å². The fourth-order valence-electron chi connectivity index (χ4n) is 1.75. The van der Waals surface area contributed by atoms with Gasteiger partial charge in [0, 0.05) is 45.6 Å². The Morgan fingerprint density at radius 1 is 1.47 bits per heavy atom. The molecule has 1 aromatic rings. The third-order valence-electron chi connectivity index (χ3n) is 2.59. The summed E-state index contributed by atoms with van der Waals surface area (Å²) in [5, 5.41) is 3.35. The first kappa shape index (κ1) is 13.9. The monoisotopic (exact) mass is 237 g/mol. The van der Waals surface area contributed by atoms with Crippen LogP contribution in [0, 0.1) is 0 Å². The minimum atomic E-state index is 0.737. The summed E-state index contributed by atoms with van der Waals surface area (Å²) in [5.41, 5.74) is 1.24. The van der Waals surface area contributed by atoms with Crippen LogP contribution in [0.25, 0.3) is 0 Å². The highest BCUT2D eigenvalue weighted by Crippen LogP contribution is 2.15. The average molecular weight is 237 g/mol. The van der Waals surface area contributed by atoms with Crippen molar-refractivity contribution in [3.8, 4) is 0 Å². The molecule has 96 valence electrons. The Morgan fingerprint density at radius 3 is 3.00 bits per heavy atom. The molecule has 0 saturated carbocycles. The van der Waals surface area contributed by atoms with Gasteiger partial charge in [-0.2, -0.15) is 0 Å². The lowest BCUT2D eigenvalue weighted by molar-refractivity contribution is 0.199. The molecule has 1 N–H and O–H groups in total. The van der Waals surface area contributed by atoms with Crippen molar-refractivity contribution in [3.63, 3.8) is 0 Å². The molecule has 0 aliphatic heterocycles. The van der Waals surface area contributed by atoms with Gasteiger partial charge in [0.1, 0.15) is 5.82 Å². The number of methoxy groups -OCH3 is 1. The van der Waals surface area contributed by atoms with Crippen LogP contribution in [-0.4, -0.2) is 38.8 Å². The highest BCUT2D eigenvalue weighted by molar-refractivity contribution is 5.45. The van der Waals surface area contributed by atoms with Crippen LogP contribution < -0.4 is 10.2 Å². The van der Waals surface area contributed by atoms with E-state index in [9.17, 15) is 0 Å². The summed E-state index contributed by atoms with van der Waals surface area (Å²) in [4.78, 5) is 6.65. The number of rotatable bonds is 8. The zero-order valence-corrected chi connectivity index (χ0v) is 11.1. The van der Waals surface area contributed by atoms with E-state index in [4.69, 9.17) is 4.74 Å². The van der Waals surface area contributed by atoms with Gasteiger partial charge in [0.15, 0.2) is 0 Å². The maximum absolute atomic E-state index is 5.01. The van der Waals surface area contributed by atoms with Crippen LogP contribution in [0.3, 0.4) is 0 Å². The second kappa shape index (κ2) is 8.03. The molecule has 0 aromatic carbocycles. The Kier molecular flexibility index (Phi) is 6.58. The summed E-state index contributed by atoms with van der Waals surface area (Å²) in [6.07, 6.45) is 2.98. The van der Waals surface area contributed by atoms with Gasteiger partial charge in [0.25, 0.3) is 0 Å². The largest absolute Gasteiger partial charge is 0.383 e. The number of pyridine rings is 1. The maximum atomic E-state index is 5.01. The number of ether oxygens (including phenoxy) is 1. The van der Waals surface area contributed by atoms with Gasteiger partial charge >= 0.3 is 0 Å². The molecule has 1 aromatic heterocycles. The summed E-state index contributed by atoms with van der Waals surface area (Å²) in [5.74, 6) is 1.07. The maximum Gasteiger partial charge on any atom is 0.132 e. The number of hydrogen-bond acceptors (Lipinski definition) is 4. The average Bonchev–Trinajstić information content (AvgIpc) is 2.35. The van der Waals surface area contributed by atoms with E-state index in [1.807, 2.05) is 12.3 Å². The fraction of sp³-hybridized carbons (Fsp3) is 0.615. The van der Waals surface area contributed by atoms with E-state index in [0.717, 1.165) is 38.5 Å². The molecule has 4 heteroatoms. The molecule has 1 heterocycles. The SMILES string of the molecule is CCCN(C)c1ncccc1CNCCOC. The molecule has 17 heavy (non-hydrogen) atoms. The van der Waals surface area contributed by atoms with Gasteiger partial charge in [0.2, 0.25) is 0 Å². The highest BCUT2D eigenvalue weighted by atomic mass is 16.5. The van der Waals surface area contributed by atoms with Crippen molar-refractivity contribution in [1.29, 1.82) is 0 Å². The third-order valence-corrected chi connectivity index (χ3v) is 2.59. The smallest absolute Gasteiger partial charge is 0.132 e. The van der Waals surface area contributed by atoms with Gasteiger partial charge in [0.05, 0.1) is 6.61 Å². The zero-order valence-electron chi connectivity index (χ0n) is 11.1. The summed E-state index contributed by atoms with van der Waals surface area (Å²) in [6.45, 7) is 5.64. The molecule has 0 saturated heterocycles. The van der Waals surface area contributed by atoms with Crippen LogP contribution in [0.1, 0.15) is 18.9 Å². The molecular weight excluding hydrogens is 214 g/mol. The Labute approximate surface area is 104 Å². The van der Waals surface area contributed by atoms with Gasteiger partial charge in [-0.3, -0.25) is 0 Å². The summed E-state index contributed by atoms with van der Waals surface area (Å²) in [7, 11) is 3.80. The van der Waals surface area contributed by atoms with Crippen molar-refractivity contribution in [3.05, 3.63) is 23.9 Å². The Hall–Kier alpha value is -1.13. The molecule has 0 amide bonds. The molecular formula is C13H23N3O. The van der Waals surface area contributed by atoms with Crippen molar-refractivity contribution in [2.24, 2.45) is 0 Å². The predicted molar refractivity (Wildman–Crippen MR) is 71.4 cm³/mol.